The summed E-state index contributed by atoms with van der Waals surface area (Å²) in [6.45, 7) is 3.96. The van der Waals surface area contributed by atoms with E-state index in [1.807, 2.05) is 68.4 Å². The first-order valence-electron chi connectivity index (χ1n) is 11.7. The van der Waals surface area contributed by atoms with E-state index in [9.17, 15) is 9.59 Å². The summed E-state index contributed by atoms with van der Waals surface area (Å²) >= 11 is 13.2. The number of ether oxygens (including phenoxy) is 1. The molecule has 0 unspecified atom stereocenters. The Hall–Kier alpha value is -2.35. The van der Waals surface area contributed by atoms with Crippen LogP contribution in [-0.4, -0.2) is 35.4 Å². The molecule has 0 aliphatic heterocycles. The molecule has 190 valence electrons. The van der Waals surface area contributed by atoms with Crippen LogP contribution in [0.3, 0.4) is 0 Å². The maximum absolute atomic E-state index is 13.6. The van der Waals surface area contributed by atoms with Crippen molar-refractivity contribution in [3.8, 4) is 5.75 Å². The van der Waals surface area contributed by atoms with E-state index in [0.29, 0.717) is 17.2 Å². The van der Waals surface area contributed by atoms with Crippen molar-refractivity contribution in [3.63, 3.8) is 0 Å². The molecule has 0 radical (unpaired) electrons. The maximum atomic E-state index is 13.6. The Morgan fingerprint density at radius 2 is 1.67 bits per heavy atom. The number of hydrogen-bond donors (Lipinski definition) is 1. The van der Waals surface area contributed by atoms with Gasteiger partial charge in [-0.1, -0.05) is 92.8 Å². The zero-order chi connectivity index (χ0) is 26.1. The van der Waals surface area contributed by atoms with E-state index in [4.69, 9.17) is 16.3 Å². The summed E-state index contributed by atoms with van der Waals surface area (Å²) in [5.41, 5.74) is 1.86. The van der Waals surface area contributed by atoms with Crippen molar-refractivity contribution < 1.29 is 14.3 Å². The Balaban J connectivity index is 1.92. The molecule has 36 heavy (non-hydrogen) atoms. The minimum absolute atomic E-state index is 0.0172. The summed E-state index contributed by atoms with van der Waals surface area (Å²) in [6, 6.07) is 21.9. The van der Waals surface area contributed by atoms with E-state index >= 15 is 0 Å². The Labute approximate surface area is 234 Å². The van der Waals surface area contributed by atoms with Crippen LogP contribution in [0, 0.1) is 0 Å². The summed E-state index contributed by atoms with van der Waals surface area (Å²) in [6.07, 6.45) is 1.16. The number of carbonyl (C=O) groups excluding carboxylic acids is 2. The summed E-state index contributed by atoms with van der Waals surface area (Å²) in [5.74, 6) is -0.105. The molecule has 0 bridgehead atoms. The van der Waals surface area contributed by atoms with Crippen LogP contribution in [0.5, 0.6) is 5.75 Å². The molecule has 0 fully saturated rings. The summed E-state index contributed by atoms with van der Waals surface area (Å²) in [4.78, 5) is 28.7. The third-order valence-corrected chi connectivity index (χ3v) is 7.04. The van der Waals surface area contributed by atoms with Gasteiger partial charge in [0.05, 0.1) is 5.02 Å². The minimum atomic E-state index is -0.725. The van der Waals surface area contributed by atoms with E-state index in [2.05, 4.69) is 37.2 Å². The van der Waals surface area contributed by atoms with Crippen molar-refractivity contribution >= 4 is 55.3 Å². The predicted octanol–water partition coefficient (Wildman–Crippen LogP) is 6.80. The highest BCUT2D eigenvalue weighted by Crippen LogP contribution is 2.28. The normalized spacial score (nSPS) is 12.5. The average Bonchev–Trinajstić information content (AvgIpc) is 2.86. The van der Waals surface area contributed by atoms with Gasteiger partial charge in [-0.15, -0.1) is 0 Å². The summed E-state index contributed by atoms with van der Waals surface area (Å²) in [7, 11) is 0. The number of nitrogens with zero attached hydrogens (tertiary/aromatic N) is 1. The maximum Gasteiger partial charge on any atom is 0.261 e. The first-order valence-corrected chi connectivity index (χ1v) is 13.7. The number of halogens is 3. The van der Waals surface area contributed by atoms with Gasteiger partial charge in [0.1, 0.15) is 11.8 Å². The molecule has 0 heterocycles. The van der Waals surface area contributed by atoms with Gasteiger partial charge in [-0.25, -0.2) is 0 Å². The van der Waals surface area contributed by atoms with Crippen LogP contribution in [0.1, 0.15) is 31.4 Å². The number of rotatable bonds is 11. The number of nitrogens with one attached hydrogen (secondary N) is 1. The highest BCUT2D eigenvalue weighted by Gasteiger charge is 2.31. The van der Waals surface area contributed by atoms with Gasteiger partial charge in [-0.3, -0.25) is 9.59 Å². The van der Waals surface area contributed by atoms with Crippen LogP contribution >= 0.6 is 43.5 Å². The van der Waals surface area contributed by atoms with Gasteiger partial charge in [0.2, 0.25) is 5.91 Å². The second-order valence-corrected chi connectivity index (χ2v) is 10.8. The topological polar surface area (TPSA) is 58.6 Å². The van der Waals surface area contributed by atoms with Crippen molar-refractivity contribution in [1.82, 2.24) is 10.2 Å². The Morgan fingerprint density at radius 3 is 2.33 bits per heavy atom. The molecule has 5 nitrogen and oxygen atoms in total. The molecule has 0 aromatic heterocycles. The number of benzene rings is 3. The van der Waals surface area contributed by atoms with Crippen LogP contribution in [0.15, 0.2) is 81.7 Å². The molecule has 2 amide bonds. The number of carbonyl (C=O) groups is 2. The van der Waals surface area contributed by atoms with Gasteiger partial charge in [-0.2, -0.15) is 0 Å². The monoisotopic (exact) mass is 634 g/mol. The van der Waals surface area contributed by atoms with Gasteiger partial charge in [0, 0.05) is 28.0 Å². The second-order valence-electron chi connectivity index (χ2n) is 8.54. The Bertz CT molecular complexity index is 1180. The van der Waals surface area contributed by atoms with E-state index in [-0.39, 0.29) is 31.0 Å². The lowest BCUT2D eigenvalue weighted by Crippen LogP contribution is -2.53. The summed E-state index contributed by atoms with van der Waals surface area (Å²) < 4.78 is 7.50. The van der Waals surface area contributed by atoms with Crippen molar-refractivity contribution in [2.75, 3.05) is 6.61 Å². The fourth-order valence-electron chi connectivity index (χ4n) is 3.64. The Kier molecular flexibility index (Phi) is 10.8. The molecule has 3 rings (SSSR count). The van der Waals surface area contributed by atoms with Crippen molar-refractivity contribution in [1.29, 1.82) is 0 Å². The minimum Gasteiger partial charge on any atom is -0.482 e. The predicted molar refractivity (Wildman–Crippen MR) is 151 cm³/mol. The van der Waals surface area contributed by atoms with E-state index < -0.39 is 6.04 Å². The highest BCUT2D eigenvalue weighted by molar-refractivity contribution is 9.10. The lowest BCUT2D eigenvalue weighted by atomic mass is 10.0. The lowest BCUT2D eigenvalue weighted by Gasteiger charge is -2.32. The first-order chi connectivity index (χ1) is 17.3. The van der Waals surface area contributed by atoms with Crippen molar-refractivity contribution in [2.45, 2.75) is 45.3 Å². The lowest BCUT2D eigenvalue weighted by molar-refractivity contribution is -0.143. The molecule has 0 saturated heterocycles. The number of amides is 2. The number of hydrogen-bond acceptors (Lipinski definition) is 3. The van der Waals surface area contributed by atoms with E-state index in [1.54, 1.807) is 23.1 Å². The van der Waals surface area contributed by atoms with Crippen LogP contribution in [-0.2, 0) is 22.6 Å². The Morgan fingerprint density at radius 1 is 0.972 bits per heavy atom. The van der Waals surface area contributed by atoms with Crippen molar-refractivity contribution in [2.24, 2.45) is 0 Å². The zero-order valence-corrected chi connectivity index (χ0v) is 24.1. The quantitative estimate of drug-likeness (QED) is 0.252. The summed E-state index contributed by atoms with van der Waals surface area (Å²) in [5, 5.41) is 3.46. The van der Waals surface area contributed by atoms with Crippen LogP contribution in [0.2, 0.25) is 5.02 Å². The second kappa shape index (κ2) is 13.8. The van der Waals surface area contributed by atoms with Crippen LogP contribution in [0.4, 0.5) is 0 Å². The largest absolute Gasteiger partial charge is 0.482 e. The van der Waals surface area contributed by atoms with Gasteiger partial charge < -0.3 is 15.0 Å². The van der Waals surface area contributed by atoms with Crippen LogP contribution in [0.25, 0.3) is 0 Å². The van der Waals surface area contributed by atoms with E-state index in [1.165, 1.54) is 0 Å². The van der Waals surface area contributed by atoms with Gasteiger partial charge in [-0.05, 0) is 54.8 Å². The third kappa shape index (κ3) is 8.36. The van der Waals surface area contributed by atoms with Crippen LogP contribution < -0.4 is 10.1 Å². The SMILES string of the molecule is CC[C@H](C)NC(=O)[C@@H](Cc1ccccc1)N(Cc1cccc(Br)c1)C(=O)COc1ccc(Br)cc1Cl. The standard InChI is InChI=1S/C28H29Br2ClN2O3/c1-3-19(2)32-28(35)25(15-20-8-5-4-6-9-20)33(17-21-10-7-11-22(29)14-21)27(34)18-36-26-13-12-23(30)16-24(26)31/h4-14,16,19,25H,3,15,17-18H2,1-2H3,(H,32,35)/t19-,25+/m0/s1. The van der Waals surface area contributed by atoms with Crippen molar-refractivity contribution in [3.05, 3.63) is 97.9 Å². The smallest absolute Gasteiger partial charge is 0.261 e. The molecule has 0 spiro atoms. The van der Waals surface area contributed by atoms with Gasteiger partial charge in [0.25, 0.3) is 5.91 Å². The molecule has 1 N–H and O–H groups in total. The molecular weight excluding hydrogens is 608 g/mol. The third-order valence-electron chi connectivity index (χ3n) is 5.76. The average molecular weight is 637 g/mol. The fraction of sp³-hybridized carbons (Fsp3) is 0.286. The molecule has 2 atom stereocenters. The first kappa shape index (κ1) is 28.2. The molecule has 3 aromatic carbocycles. The zero-order valence-electron chi connectivity index (χ0n) is 20.2. The molecule has 3 aromatic rings. The van der Waals surface area contributed by atoms with Gasteiger partial charge >= 0.3 is 0 Å². The molecule has 0 aliphatic carbocycles. The molecule has 0 aliphatic rings. The molecule has 8 heteroatoms. The van der Waals surface area contributed by atoms with E-state index in [0.717, 1.165) is 26.5 Å². The molecule has 0 saturated carbocycles. The molecular formula is C28H29Br2ClN2O3. The fourth-order valence-corrected chi connectivity index (χ4v) is 4.82. The highest BCUT2D eigenvalue weighted by atomic mass is 79.9. The van der Waals surface area contributed by atoms with Gasteiger partial charge in [0.15, 0.2) is 6.61 Å².